The third-order valence-corrected chi connectivity index (χ3v) is 4.61. The summed E-state index contributed by atoms with van der Waals surface area (Å²) in [4.78, 5) is 19.5. The van der Waals surface area contributed by atoms with Crippen LogP contribution in [-0.4, -0.2) is 57.4 Å². The van der Waals surface area contributed by atoms with Gasteiger partial charge < -0.3 is 15.0 Å². The number of aromatic nitrogens is 5. The van der Waals surface area contributed by atoms with Gasteiger partial charge in [-0.3, -0.25) is 4.79 Å². The number of carbonyl (C=O) groups is 1. The predicted molar refractivity (Wildman–Crippen MR) is 97.0 cm³/mol. The average Bonchev–Trinajstić information content (AvgIpc) is 3.35. The molecule has 26 heavy (non-hydrogen) atoms. The monoisotopic (exact) mass is 371 g/mol. The number of rotatable bonds is 5. The van der Waals surface area contributed by atoms with E-state index in [0.717, 1.165) is 37.6 Å². The van der Waals surface area contributed by atoms with Gasteiger partial charge in [-0.2, -0.15) is 4.80 Å². The highest BCUT2D eigenvalue weighted by molar-refractivity contribution is 7.13. The predicted octanol–water partition coefficient (Wildman–Crippen LogP) is 1.27. The minimum absolute atomic E-state index is 0.0154. The van der Waals surface area contributed by atoms with Gasteiger partial charge in [0, 0.05) is 35.9 Å². The van der Waals surface area contributed by atoms with Crippen LogP contribution < -0.4 is 10.2 Å². The summed E-state index contributed by atoms with van der Waals surface area (Å²) >= 11 is 1.36. The van der Waals surface area contributed by atoms with E-state index in [4.69, 9.17) is 4.74 Å². The molecule has 1 aromatic carbocycles. The van der Waals surface area contributed by atoms with Gasteiger partial charge in [0.2, 0.25) is 11.7 Å². The number of carbonyl (C=O) groups excluding carboxylic acids is 1. The topological polar surface area (TPSA) is 98.1 Å². The molecule has 0 atom stereocenters. The molecule has 1 amide bonds. The molecule has 3 heterocycles. The van der Waals surface area contributed by atoms with E-state index in [-0.39, 0.29) is 12.5 Å². The summed E-state index contributed by atoms with van der Waals surface area (Å²) in [7, 11) is 0. The van der Waals surface area contributed by atoms with Gasteiger partial charge in [0.1, 0.15) is 6.54 Å². The number of hydrogen-bond acceptors (Lipinski definition) is 8. The van der Waals surface area contributed by atoms with Gasteiger partial charge in [0.15, 0.2) is 5.13 Å². The molecule has 0 unspecified atom stereocenters. The molecular formula is C16H17N7O2S. The molecule has 1 fully saturated rings. The Bertz CT molecular complexity index is 857. The van der Waals surface area contributed by atoms with Crippen LogP contribution in [0.25, 0.3) is 11.4 Å². The van der Waals surface area contributed by atoms with E-state index in [0.29, 0.717) is 11.0 Å². The van der Waals surface area contributed by atoms with Crippen LogP contribution in [0.5, 0.6) is 0 Å². The highest BCUT2D eigenvalue weighted by Crippen LogP contribution is 2.21. The lowest BCUT2D eigenvalue weighted by Gasteiger charge is -2.28. The molecule has 10 heteroatoms. The maximum absolute atomic E-state index is 12.0. The number of hydrogen-bond donors (Lipinski definition) is 1. The zero-order chi connectivity index (χ0) is 17.8. The fraction of sp³-hybridized carbons (Fsp3) is 0.312. The third kappa shape index (κ3) is 3.86. The number of morpholine rings is 1. The molecular weight excluding hydrogens is 354 g/mol. The molecule has 0 spiro atoms. The lowest BCUT2D eigenvalue weighted by Crippen LogP contribution is -2.36. The van der Waals surface area contributed by atoms with Crippen molar-refractivity contribution in [1.82, 2.24) is 25.2 Å². The summed E-state index contributed by atoms with van der Waals surface area (Å²) in [6, 6.07) is 8.00. The Morgan fingerprint density at radius 3 is 2.77 bits per heavy atom. The lowest BCUT2D eigenvalue weighted by atomic mass is 10.2. The molecule has 1 aliphatic rings. The number of nitrogens with zero attached hydrogens (tertiary/aromatic N) is 6. The quantitative estimate of drug-likeness (QED) is 0.721. The molecule has 2 aromatic heterocycles. The third-order valence-electron chi connectivity index (χ3n) is 3.92. The summed E-state index contributed by atoms with van der Waals surface area (Å²) in [5, 5.41) is 17.3. The Hall–Kier alpha value is -2.85. The number of thiazole rings is 1. The van der Waals surface area contributed by atoms with Crippen LogP contribution in [-0.2, 0) is 16.1 Å². The first-order valence-electron chi connectivity index (χ1n) is 8.18. The van der Waals surface area contributed by atoms with Crippen molar-refractivity contribution in [3.05, 3.63) is 35.8 Å². The van der Waals surface area contributed by atoms with Crippen LogP contribution in [0.1, 0.15) is 0 Å². The maximum Gasteiger partial charge on any atom is 0.249 e. The van der Waals surface area contributed by atoms with Crippen molar-refractivity contribution in [2.45, 2.75) is 6.54 Å². The summed E-state index contributed by atoms with van der Waals surface area (Å²) in [5.74, 6) is 0.243. The Kier molecular flexibility index (Phi) is 4.84. The van der Waals surface area contributed by atoms with Gasteiger partial charge in [-0.15, -0.1) is 21.5 Å². The normalized spacial score (nSPS) is 14.4. The highest BCUT2D eigenvalue weighted by atomic mass is 32.1. The van der Waals surface area contributed by atoms with Crippen molar-refractivity contribution in [3.8, 4) is 11.4 Å². The molecule has 0 radical (unpaired) electrons. The second-order valence-electron chi connectivity index (χ2n) is 5.68. The summed E-state index contributed by atoms with van der Waals surface area (Å²) in [5.41, 5.74) is 2.00. The standard InChI is InChI=1S/C16H17N7O2S/c24-14(18-16-17-5-10-26-16)11-23-20-15(19-21-23)12-1-3-13(4-2-12)22-6-8-25-9-7-22/h1-5,10H,6-9,11H2,(H,17,18,24). The average molecular weight is 371 g/mol. The maximum atomic E-state index is 12.0. The number of amides is 1. The SMILES string of the molecule is O=C(Cn1nnc(-c2ccc(N3CCOCC3)cc2)n1)Nc1nccs1. The van der Waals surface area contributed by atoms with E-state index in [2.05, 4.69) is 30.6 Å². The Morgan fingerprint density at radius 1 is 1.23 bits per heavy atom. The molecule has 4 rings (SSSR count). The zero-order valence-electron chi connectivity index (χ0n) is 13.9. The second kappa shape index (κ2) is 7.58. The van der Waals surface area contributed by atoms with Crippen LogP contribution in [0.15, 0.2) is 35.8 Å². The second-order valence-corrected chi connectivity index (χ2v) is 6.57. The Labute approximate surface area is 153 Å². The first-order chi connectivity index (χ1) is 12.8. The van der Waals surface area contributed by atoms with Crippen LogP contribution in [0, 0.1) is 0 Å². The van der Waals surface area contributed by atoms with Crippen molar-refractivity contribution in [1.29, 1.82) is 0 Å². The molecule has 0 bridgehead atoms. The van der Waals surface area contributed by atoms with E-state index in [1.807, 2.05) is 24.3 Å². The number of benzene rings is 1. The van der Waals surface area contributed by atoms with Gasteiger partial charge in [-0.1, -0.05) is 0 Å². The summed E-state index contributed by atoms with van der Waals surface area (Å²) < 4.78 is 5.37. The van der Waals surface area contributed by atoms with Crippen LogP contribution >= 0.6 is 11.3 Å². The molecule has 134 valence electrons. The summed E-state index contributed by atoms with van der Waals surface area (Å²) in [6.07, 6.45) is 1.63. The van der Waals surface area contributed by atoms with Crippen molar-refractivity contribution in [3.63, 3.8) is 0 Å². The number of anilines is 2. The molecule has 0 saturated carbocycles. The molecule has 1 N–H and O–H groups in total. The fourth-order valence-corrected chi connectivity index (χ4v) is 3.19. The van der Waals surface area contributed by atoms with Gasteiger partial charge >= 0.3 is 0 Å². The molecule has 3 aromatic rings. The molecule has 1 saturated heterocycles. The van der Waals surface area contributed by atoms with Crippen molar-refractivity contribution >= 4 is 28.1 Å². The van der Waals surface area contributed by atoms with Gasteiger partial charge in [0.25, 0.3) is 0 Å². The smallest absolute Gasteiger partial charge is 0.249 e. The van der Waals surface area contributed by atoms with Gasteiger partial charge in [-0.25, -0.2) is 4.98 Å². The van der Waals surface area contributed by atoms with Gasteiger partial charge in [-0.05, 0) is 29.5 Å². The van der Waals surface area contributed by atoms with E-state index in [1.165, 1.54) is 16.1 Å². The lowest BCUT2D eigenvalue weighted by molar-refractivity contribution is -0.117. The minimum atomic E-state index is -0.244. The van der Waals surface area contributed by atoms with Crippen LogP contribution in [0.4, 0.5) is 10.8 Å². The summed E-state index contributed by atoms with van der Waals surface area (Å²) in [6.45, 7) is 3.27. The van der Waals surface area contributed by atoms with Crippen molar-refractivity contribution < 1.29 is 9.53 Å². The van der Waals surface area contributed by atoms with E-state index in [1.54, 1.807) is 11.6 Å². The Morgan fingerprint density at radius 2 is 2.04 bits per heavy atom. The number of tetrazole rings is 1. The Balaban J connectivity index is 1.40. The van der Waals surface area contributed by atoms with Crippen LogP contribution in [0.2, 0.25) is 0 Å². The molecule has 0 aliphatic carbocycles. The molecule has 9 nitrogen and oxygen atoms in total. The minimum Gasteiger partial charge on any atom is -0.378 e. The van der Waals surface area contributed by atoms with E-state index >= 15 is 0 Å². The van der Waals surface area contributed by atoms with Crippen molar-refractivity contribution in [2.24, 2.45) is 0 Å². The van der Waals surface area contributed by atoms with E-state index in [9.17, 15) is 4.79 Å². The van der Waals surface area contributed by atoms with Crippen LogP contribution in [0.3, 0.4) is 0 Å². The zero-order valence-corrected chi connectivity index (χ0v) is 14.7. The molecule has 1 aliphatic heterocycles. The largest absolute Gasteiger partial charge is 0.378 e. The number of ether oxygens (including phenoxy) is 1. The first kappa shape index (κ1) is 16.6. The number of nitrogens with one attached hydrogen (secondary N) is 1. The van der Waals surface area contributed by atoms with E-state index < -0.39 is 0 Å². The highest BCUT2D eigenvalue weighted by Gasteiger charge is 2.13. The van der Waals surface area contributed by atoms with Gasteiger partial charge in [0.05, 0.1) is 13.2 Å². The first-order valence-corrected chi connectivity index (χ1v) is 9.06. The fourth-order valence-electron chi connectivity index (χ4n) is 2.64. The van der Waals surface area contributed by atoms with Crippen molar-refractivity contribution in [2.75, 3.05) is 36.5 Å².